The summed E-state index contributed by atoms with van der Waals surface area (Å²) in [5.74, 6) is -2.51. The summed E-state index contributed by atoms with van der Waals surface area (Å²) in [5, 5.41) is 24.6. The van der Waals surface area contributed by atoms with Crippen LogP contribution in [0.2, 0.25) is 0 Å². The minimum atomic E-state index is -1.26. The Kier molecular flexibility index (Phi) is 7.05. The number of hydrogen-bond donors (Lipinski definition) is 3. The van der Waals surface area contributed by atoms with Crippen LogP contribution in [0.25, 0.3) is 0 Å². The molecule has 1 aromatic carbocycles. The molecule has 0 aliphatic heterocycles. The molecule has 0 aromatic heterocycles. The normalized spacial score (nSPS) is 11.4. The Bertz CT molecular complexity index is 365. The molecule has 0 saturated carbocycles. The molecular weight excluding hydrogens is 224 g/mol. The first-order valence-electron chi connectivity index (χ1n) is 4.80. The number of rotatable bonds is 3. The van der Waals surface area contributed by atoms with E-state index in [4.69, 9.17) is 15.3 Å². The summed E-state index contributed by atoms with van der Waals surface area (Å²) in [4.78, 5) is 19.1. The van der Waals surface area contributed by atoms with Gasteiger partial charge < -0.3 is 15.3 Å². The van der Waals surface area contributed by atoms with Crippen molar-refractivity contribution < 1.29 is 24.9 Å². The molecule has 0 amide bonds. The van der Waals surface area contributed by atoms with Gasteiger partial charge in [0.2, 0.25) is 0 Å². The molecule has 0 aliphatic carbocycles. The van der Waals surface area contributed by atoms with E-state index >= 15 is 0 Å². The highest BCUT2D eigenvalue weighted by Gasteiger charge is 1.95. The van der Waals surface area contributed by atoms with E-state index in [-0.39, 0.29) is 6.10 Å². The number of aliphatic carboxylic acids is 2. The van der Waals surface area contributed by atoms with Crippen molar-refractivity contribution in [2.24, 2.45) is 0 Å². The zero-order chi connectivity index (χ0) is 13.3. The molecule has 0 fully saturated rings. The Morgan fingerprint density at radius 1 is 1.06 bits per heavy atom. The molecule has 5 heteroatoms. The van der Waals surface area contributed by atoms with Crippen LogP contribution in [-0.2, 0) is 9.59 Å². The first-order chi connectivity index (χ1) is 7.93. The molecule has 0 bridgehead atoms. The zero-order valence-electron chi connectivity index (χ0n) is 9.28. The topological polar surface area (TPSA) is 94.8 Å². The summed E-state index contributed by atoms with van der Waals surface area (Å²) in [6.45, 7) is 1.76. The molecule has 0 aliphatic rings. The highest BCUT2D eigenvalue weighted by molar-refractivity contribution is 5.89. The van der Waals surface area contributed by atoms with E-state index in [1.807, 2.05) is 30.3 Å². The molecule has 0 heterocycles. The van der Waals surface area contributed by atoms with Crippen LogP contribution in [0, 0.1) is 0 Å². The van der Waals surface area contributed by atoms with E-state index in [0.717, 1.165) is 5.56 Å². The van der Waals surface area contributed by atoms with Gasteiger partial charge in [-0.05, 0) is 12.5 Å². The SMILES string of the molecule is CC(O)c1ccccc1.O=C(O)/C=C\C(=O)O. The van der Waals surface area contributed by atoms with Crippen LogP contribution in [0.4, 0.5) is 0 Å². The van der Waals surface area contributed by atoms with E-state index in [1.54, 1.807) is 6.92 Å². The van der Waals surface area contributed by atoms with Gasteiger partial charge >= 0.3 is 11.9 Å². The molecule has 1 unspecified atom stereocenters. The van der Waals surface area contributed by atoms with Crippen molar-refractivity contribution in [2.45, 2.75) is 13.0 Å². The van der Waals surface area contributed by atoms with Gasteiger partial charge in [-0.1, -0.05) is 30.3 Å². The van der Waals surface area contributed by atoms with Gasteiger partial charge in [0, 0.05) is 12.2 Å². The lowest BCUT2D eigenvalue weighted by Crippen LogP contribution is -1.91. The minimum absolute atomic E-state index is 0.341. The van der Waals surface area contributed by atoms with Crippen LogP contribution in [0.3, 0.4) is 0 Å². The van der Waals surface area contributed by atoms with Crippen LogP contribution in [0.5, 0.6) is 0 Å². The summed E-state index contributed by atoms with van der Waals surface area (Å²) in [7, 11) is 0. The maximum Gasteiger partial charge on any atom is 0.328 e. The number of hydrogen-bond acceptors (Lipinski definition) is 3. The number of carbonyl (C=O) groups is 2. The Labute approximate surface area is 98.6 Å². The van der Waals surface area contributed by atoms with Gasteiger partial charge in [0.15, 0.2) is 0 Å². The molecule has 0 spiro atoms. The summed E-state index contributed by atoms with van der Waals surface area (Å²) in [5.41, 5.74) is 0.970. The second kappa shape index (κ2) is 8.06. The fourth-order valence-electron chi connectivity index (χ4n) is 0.874. The zero-order valence-corrected chi connectivity index (χ0v) is 9.28. The molecule has 3 N–H and O–H groups in total. The van der Waals surface area contributed by atoms with E-state index in [2.05, 4.69) is 0 Å². The highest BCUT2D eigenvalue weighted by Crippen LogP contribution is 2.09. The fraction of sp³-hybridized carbons (Fsp3) is 0.167. The second-order valence-electron chi connectivity index (χ2n) is 3.10. The van der Waals surface area contributed by atoms with Gasteiger partial charge in [0.25, 0.3) is 0 Å². The minimum Gasteiger partial charge on any atom is -0.478 e. The van der Waals surface area contributed by atoms with Crippen molar-refractivity contribution in [3.05, 3.63) is 48.0 Å². The molecule has 92 valence electrons. The highest BCUT2D eigenvalue weighted by atomic mass is 16.4. The first kappa shape index (κ1) is 14.9. The van der Waals surface area contributed by atoms with E-state index in [1.165, 1.54) is 0 Å². The lowest BCUT2D eigenvalue weighted by Gasteiger charge is -2.00. The average molecular weight is 238 g/mol. The van der Waals surface area contributed by atoms with Crippen LogP contribution in [0.15, 0.2) is 42.5 Å². The summed E-state index contributed by atoms with van der Waals surface area (Å²) < 4.78 is 0. The molecule has 17 heavy (non-hydrogen) atoms. The van der Waals surface area contributed by atoms with Gasteiger partial charge in [-0.2, -0.15) is 0 Å². The lowest BCUT2D eigenvalue weighted by atomic mass is 10.1. The monoisotopic (exact) mass is 238 g/mol. The predicted molar refractivity (Wildman–Crippen MR) is 61.5 cm³/mol. The van der Waals surface area contributed by atoms with Crippen LogP contribution in [0.1, 0.15) is 18.6 Å². The Morgan fingerprint density at radius 3 is 1.71 bits per heavy atom. The molecule has 0 saturated heterocycles. The summed E-state index contributed by atoms with van der Waals surface area (Å²) in [6.07, 6.45) is 0.774. The van der Waals surface area contributed by atoms with E-state index in [9.17, 15) is 9.59 Å². The van der Waals surface area contributed by atoms with Crippen molar-refractivity contribution >= 4 is 11.9 Å². The first-order valence-corrected chi connectivity index (χ1v) is 4.80. The van der Waals surface area contributed by atoms with Crippen LogP contribution >= 0.6 is 0 Å². The molecule has 1 rings (SSSR count). The van der Waals surface area contributed by atoms with Crippen molar-refractivity contribution in [3.63, 3.8) is 0 Å². The number of benzene rings is 1. The molecule has 1 atom stereocenters. The third kappa shape index (κ3) is 8.83. The Hall–Kier alpha value is -2.14. The smallest absolute Gasteiger partial charge is 0.328 e. The van der Waals surface area contributed by atoms with E-state index in [0.29, 0.717) is 12.2 Å². The lowest BCUT2D eigenvalue weighted by molar-refractivity contribution is -0.134. The maximum absolute atomic E-state index is 9.55. The van der Waals surface area contributed by atoms with Crippen molar-refractivity contribution in [3.8, 4) is 0 Å². The predicted octanol–water partition coefficient (Wildman–Crippen LogP) is 1.45. The van der Waals surface area contributed by atoms with Crippen molar-refractivity contribution in [2.75, 3.05) is 0 Å². The van der Waals surface area contributed by atoms with Crippen molar-refractivity contribution in [1.29, 1.82) is 0 Å². The number of aliphatic hydroxyl groups excluding tert-OH is 1. The third-order valence-electron chi connectivity index (χ3n) is 1.65. The fourth-order valence-corrected chi connectivity index (χ4v) is 0.874. The molecule has 0 radical (unpaired) electrons. The molecule has 5 nitrogen and oxygen atoms in total. The largest absolute Gasteiger partial charge is 0.478 e. The van der Waals surface area contributed by atoms with Gasteiger partial charge in [0.05, 0.1) is 6.10 Å². The second-order valence-corrected chi connectivity index (χ2v) is 3.10. The van der Waals surface area contributed by atoms with Gasteiger partial charge in [0.1, 0.15) is 0 Å². The average Bonchev–Trinajstić information content (AvgIpc) is 2.28. The standard InChI is InChI=1S/C8H10O.C4H4O4/c1-7(9)8-5-3-2-4-6-8;5-3(6)1-2-4(7)8/h2-7,9H,1H3;1-2H,(H,5,6)(H,7,8)/b;2-1-. The number of carboxylic acid groups (broad SMARTS) is 2. The van der Waals surface area contributed by atoms with Crippen molar-refractivity contribution in [1.82, 2.24) is 0 Å². The molecular formula is C12H14O5. The van der Waals surface area contributed by atoms with Crippen LogP contribution in [-0.4, -0.2) is 27.3 Å². The number of carboxylic acids is 2. The Morgan fingerprint density at radius 2 is 1.47 bits per heavy atom. The van der Waals surface area contributed by atoms with Crippen LogP contribution < -0.4 is 0 Å². The quantitative estimate of drug-likeness (QED) is 0.693. The van der Waals surface area contributed by atoms with Gasteiger partial charge in [-0.3, -0.25) is 0 Å². The van der Waals surface area contributed by atoms with Gasteiger partial charge in [-0.15, -0.1) is 0 Å². The third-order valence-corrected chi connectivity index (χ3v) is 1.65. The Balaban J connectivity index is 0.000000304. The maximum atomic E-state index is 9.55. The molecule has 1 aromatic rings. The van der Waals surface area contributed by atoms with E-state index < -0.39 is 11.9 Å². The number of aliphatic hydroxyl groups is 1. The summed E-state index contributed by atoms with van der Waals surface area (Å²) >= 11 is 0. The van der Waals surface area contributed by atoms with Gasteiger partial charge in [-0.25, -0.2) is 9.59 Å². The summed E-state index contributed by atoms with van der Waals surface area (Å²) in [6, 6.07) is 9.59.